The van der Waals surface area contributed by atoms with Crippen LogP contribution < -0.4 is 20.4 Å². The van der Waals surface area contributed by atoms with Crippen molar-refractivity contribution in [2.24, 2.45) is 0 Å². The van der Waals surface area contributed by atoms with Gasteiger partial charge in [-0.3, -0.25) is 14.2 Å². The summed E-state index contributed by atoms with van der Waals surface area (Å²) in [6.45, 7) is 15.9. The number of esters is 2. The van der Waals surface area contributed by atoms with E-state index in [1.54, 1.807) is 27.7 Å². The Morgan fingerprint density at radius 1 is 0.708 bits per heavy atom. The van der Waals surface area contributed by atoms with Gasteiger partial charge in [0, 0.05) is 55.0 Å². The van der Waals surface area contributed by atoms with Gasteiger partial charge in [0.25, 0.3) is 7.52 Å². The summed E-state index contributed by atoms with van der Waals surface area (Å²) in [6, 6.07) is 16.2. The maximum Gasteiger partial charge on any atom is 0.306 e. The van der Waals surface area contributed by atoms with Gasteiger partial charge in [-0.25, -0.2) is 18.2 Å². The lowest BCUT2D eigenvalue weighted by Gasteiger charge is -2.16. The molecule has 0 aliphatic heterocycles. The fourth-order valence-electron chi connectivity index (χ4n) is 3.80. The second-order valence-electron chi connectivity index (χ2n) is 12.6. The molecule has 2 rings (SSSR count). The predicted octanol–water partition coefficient (Wildman–Crippen LogP) is 6.17. The third-order valence-corrected chi connectivity index (χ3v) is 10.6. The molecule has 0 aliphatic carbocycles. The van der Waals surface area contributed by atoms with Gasteiger partial charge >= 0.3 is 11.9 Å². The van der Waals surface area contributed by atoms with Gasteiger partial charge in [0.2, 0.25) is 10.0 Å². The van der Waals surface area contributed by atoms with Crippen LogP contribution in [-0.2, 0) is 46.9 Å². The van der Waals surface area contributed by atoms with Crippen LogP contribution in [0.15, 0.2) is 48.5 Å². The fraction of sp³-hybridized carbons (Fsp3) is 0.588. The average molecular weight is 713 g/mol. The Hall–Kier alpha value is -2.96. The molecule has 0 heterocycles. The first-order valence-corrected chi connectivity index (χ1v) is 19.8. The molecular formula is C34H57N4O8PS. The molecule has 5 N–H and O–H groups in total. The molecule has 14 heteroatoms. The molecule has 0 saturated heterocycles. The lowest BCUT2D eigenvalue weighted by Crippen LogP contribution is -2.31. The van der Waals surface area contributed by atoms with E-state index in [9.17, 15) is 27.5 Å². The Balaban J connectivity index is 0.000000480. The normalized spacial score (nSPS) is 12.8. The molecule has 0 spiro atoms. The molecule has 0 radical (unpaired) electrons. The third kappa shape index (κ3) is 19.1. The molecule has 0 bridgehead atoms. The van der Waals surface area contributed by atoms with Crippen LogP contribution in [0.5, 0.6) is 0 Å². The van der Waals surface area contributed by atoms with Gasteiger partial charge < -0.3 is 25.0 Å². The van der Waals surface area contributed by atoms with Gasteiger partial charge in [-0.05, 0) is 89.8 Å². The summed E-state index contributed by atoms with van der Waals surface area (Å²) in [5.41, 5.74) is 3.56. The molecule has 1 unspecified atom stereocenters. The maximum atomic E-state index is 11.7. The molecule has 2 aromatic rings. The predicted molar refractivity (Wildman–Crippen MR) is 193 cm³/mol. The average Bonchev–Trinajstić information content (AvgIpc) is 3.00. The minimum Gasteiger partial charge on any atom is -0.461 e. The summed E-state index contributed by atoms with van der Waals surface area (Å²) in [4.78, 5) is 33.0. The molecule has 0 aliphatic rings. The second kappa shape index (κ2) is 21.9. The van der Waals surface area contributed by atoms with Crippen molar-refractivity contribution in [2.45, 2.75) is 117 Å². The minimum absolute atomic E-state index is 0.188. The number of benzene rings is 2. The smallest absolute Gasteiger partial charge is 0.306 e. The summed E-state index contributed by atoms with van der Waals surface area (Å²) in [7, 11) is -6.58. The number of carbonyl (C=O) groups is 2. The van der Waals surface area contributed by atoms with Crippen molar-refractivity contribution >= 4 is 40.9 Å². The van der Waals surface area contributed by atoms with E-state index in [4.69, 9.17) is 9.47 Å². The zero-order chi connectivity index (χ0) is 36.3. The van der Waals surface area contributed by atoms with Crippen LogP contribution >= 0.6 is 7.52 Å². The Kier molecular flexibility index (Phi) is 19.6. The summed E-state index contributed by atoms with van der Waals surface area (Å²) < 4.78 is 47.7. The second-order valence-corrected chi connectivity index (χ2v) is 17.5. The van der Waals surface area contributed by atoms with Crippen molar-refractivity contribution < 1.29 is 36.9 Å². The Morgan fingerprint density at radius 2 is 1.10 bits per heavy atom. The van der Waals surface area contributed by atoms with Crippen LogP contribution in [0.2, 0.25) is 0 Å². The first kappa shape index (κ1) is 43.1. The standard InChI is InChI=1S/C17H29N2O4P.C17H28N2O4S/c2*1-13(2)19-16-9-7-15(8-10-16)12-23-17(20)6-5-11-18-24(21,22)14(3)4/h7-10,13-14,19H,5-6,11-12H2,1-4H3,(H2,18,21,22);7-10,13-14,18-19H,5-6,11-12H2,1-4H3. The number of carbonyl (C=O) groups excluding carboxylic acids is 2. The number of rotatable bonds is 20. The van der Waals surface area contributed by atoms with E-state index in [2.05, 4.69) is 48.1 Å². The zero-order valence-electron chi connectivity index (χ0n) is 29.7. The van der Waals surface area contributed by atoms with Crippen LogP contribution in [0.1, 0.15) is 92.2 Å². The highest BCUT2D eigenvalue weighted by atomic mass is 32.2. The van der Waals surface area contributed by atoms with Crippen LogP contribution in [-0.4, -0.2) is 61.3 Å². The Morgan fingerprint density at radius 3 is 1.46 bits per heavy atom. The number of sulfonamides is 1. The molecule has 0 fully saturated rings. The highest BCUT2D eigenvalue weighted by Crippen LogP contribution is 2.40. The van der Waals surface area contributed by atoms with Crippen LogP contribution in [0.25, 0.3) is 0 Å². The van der Waals surface area contributed by atoms with Crippen LogP contribution in [0, 0.1) is 0 Å². The summed E-state index contributed by atoms with van der Waals surface area (Å²) in [5.74, 6) is -0.637. The summed E-state index contributed by atoms with van der Waals surface area (Å²) >= 11 is 0. The number of ether oxygens (including phenoxy) is 2. The lowest BCUT2D eigenvalue weighted by molar-refractivity contribution is -0.145. The van der Waals surface area contributed by atoms with Gasteiger partial charge in [-0.15, -0.1) is 0 Å². The monoisotopic (exact) mass is 712 g/mol. The largest absolute Gasteiger partial charge is 0.461 e. The van der Waals surface area contributed by atoms with Gasteiger partial charge in [0.05, 0.1) is 5.25 Å². The van der Waals surface area contributed by atoms with E-state index in [1.807, 2.05) is 48.5 Å². The number of hydrogen-bond donors (Lipinski definition) is 5. The number of nitrogens with one attached hydrogen (secondary N) is 4. The quantitative estimate of drug-likeness (QED) is 0.0604. The topological polar surface area (TPSA) is 172 Å². The van der Waals surface area contributed by atoms with Crippen molar-refractivity contribution in [3.63, 3.8) is 0 Å². The lowest BCUT2D eigenvalue weighted by atomic mass is 10.2. The molecule has 0 aromatic heterocycles. The minimum atomic E-state index is -3.31. The highest BCUT2D eigenvalue weighted by Gasteiger charge is 2.21. The molecule has 272 valence electrons. The van der Waals surface area contributed by atoms with Gasteiger partial charge in [-0.2, -0.15) is 0 Å². The van der Waals surface area contributed by atoms with E-state index in [1.165, 1.54) is 0 Å². The molecule has 0 amide bonds. The summed E-state index contributed by atoms with van der Waals surface area (Å²) in [5, 5.41) is 8.71. The molecular weight excluding hydrogens is 655 g/mol. The van der Waals surface area contributed by atoms with Crippen molar-refractivity contribution in [1.82, 2.24) is 9.81 Å². The Labute approximate surface area is 287 Å². The van der Waals surface area contributed by atoms with Crippen molar-refractivity contribution in [3.8, 4) is 0 Å². The molecule has 48 heavy (non-hydrogen) atoms. The van der Waals surface area contributed by atoms with Crippen molar-refractivity contribution in [3.05, 3.63) is 59.7 Å². The van der Waals surface area contributed by atoms with E-state index >= 15 is 0 Å². The fourth-order valence-corrected chi connectivity index (χ4v) is 5.41. The molecule has 1 atom stereocenters. The van der Waals surface area contributed by atoms with Crippen LogP contribution in [0.4, 0.5) is 11.4 Å². The van der Waals surface area contributed by atoms with Gasteiger partial charge in [-0.1, -0.05) is 38.1 Å². The van der Waals surface area contributed by atoms with E-state index in [-0.39, 0.29) is 50.2 Å². The van der Waals surface area contributed by atoms with E-state index in [0.29, 0.717) is 31.5 Å². The number of anilines is 2. The molecule has 12 nitrogen and oxygen atoms in total. The first-order chi connectivity index (χ1) is 22.4. The van der Waals surface area contributed by atoms with Crippen molar-refractivity contribution in [2.75, 3.05) is 23.7 Å². The van der Waals surface area contributed by atoms with Gasteiger partial charge in [0.1, 0.15) is 13.2 Å². The summed E-state index contributed by atoms with van der Waals surface area (Å²) in [6.07, 6.45) is 1.29. The third-order valence-electron chi connectivity index (χ3n) is 6.70. The van der Waals surface area contributed by atoms with Crippen LogP contribution in [0.3, 0.4) is 0 Å². The van der Waals surface area contributed by atoms with Gasteiger partial charge in [0.15, 0.2) is 0 Å². The van der Waals surface area contributed by atoms with E-state index in [0.717, 1.165) is 22.5 Å². The molecule has 2 aromatic carbocycles. The molecule has 0 saturated carbocycles. The maximum absolute atomic E-state index is 11.7. The first-order valence-electron chi connectivity index (χ1n) is 16.5. The van der Waals surface area contributed by atoms with Crippen molar-refractivity contribution in [1.29, 1.82) is 0 Å². The highest BCUT2D eigenvalue weighted by molar-refractivity contribution is 7.90. The van der Waals surface area contributed by atoms with E-state index < -0.39 is 22.8 Å². The number of hydrogen-bond acceptors (Lipinski definition) is 9. The zero-order valence-corrected chi connectivity index (χ0v) is 31.5. The Bertz CT molecular complexity index is 1380. The SMILES string of the molecule is CC(C)Nc1ccc(COC(=O)CCCNP(=O)(O)C(C)C)cc1.CC(C)Nc1ccc(COC(=O)CCCNS(=O)(=O)C(C)C)cc1.